The molecule has 5 heteroatoms. The molecule has 2 aliphatic rings. The Morgan fingerprint density at radius 2 is 2.14 bits per heavy atom. The fraction of sp³-hybridized carbons (Fsp3) is 0.778. The normalized spacial score (nSPS) is 28.9. The highest BCUT2D eigenvalue weighted by molar-refractivity contribution is 5.77. The lowest BCUT2D eigenvalue weighted by Gasteiger charge is -2.40. The number of carbonyl (C=O) groups excluding carboxylic acids is 1. The first kappa shape index (κ1) is 9.45. The Morgan fingerprint density at radius 3 is 2.43 bits per heavy atom. The van der Waals surface area contributed by atoms with Gasteiger partial charge in [0.05, 0.1) is 19.1 Å². The highest BCUT2D eigenvalue weighted by atomic mass is 16.5. The van der Waals surface area contributed by atoms with E-state index in [-0.39, 0.29) is 11.3 Å². The van der Waals surface area contributed by atoms with E-state index in [0.717, 1.165) is 0 Å². The number of carboxylic acid groups (broad SMARTS) is 1. The van der Waals surface area contributed by atoms with Gasteiger partial charge in [-0.1, -0.05) is 0 Å². The van der Waals surface area contributed by atoms with Gasteiger partial charge in [-0.3, -0.25) is 9.59 Å². The minimum atomic E-state index is -0.822. The number of aliphatic carboxylic acids is 1. The summed E-state index contributed by atoms with van der Waals surface area (Å²) in [4.78, 5) is 23.7. The van der Waals surface area contributed by atoms with E-state index in [0.29, 0.717) is 26.3 Å². The molecule has 2 heterocycles. The van der Waals surface area contributed by atoms with Gasteiger partial charge in [0.1, 0.15) is 0 Å². The molecule has 2 fully saturated rings. The summed E-state index contributed by atoms with van der Waals surface area (Å²) < 4.78 is 5.07. The molecule has 0 radical (unpaired) electrons. The molecule has 5 nitrogen and oxygen atoms in total. The zero-order valence-electron chi connectivity index (χ0n) is 8.02. The van der Waals surface area contributed by atoms with Crippen molar-refractivity contribution >= 4 is 11.9 Å². The van der Waals surface area contributed by atoms with Gasteiger partial charge in [-0.25, -0.2) is 0 Å². The Labute approximate surface area is 81.6 Å². The number of hydrogen-bond donors (Lipinski definition) is 1. The number of nitrogens with zero attached hydrogens (tertiary/aromatic N) is 1. The number of carbonyl (C=O) groups is 2. The molecule has 1 unspecified atom stereocenters. The molecule has 0 aromatic carbocycles. The molecule has 1 spiro atoms. The van der Waals surface area contributed by atoms with Crippen molar-refractivity contribution in [2.75, 3.05) is 26.3 Å². The van der Waals surface area contributed by atoms with Crippen molar-refractivity contribution in [3.05, 3.63) is 0 Å². The molecule has 0 saturated carbocycles. The van der Waals surface area contributed by atoms with Crippen LogP contribution in [0, 0.1) is 11.3 Å². The molecule has 0 bridgehead atoms. The van der Waals surface area contributed by atoms with Crippen LogP contribution in [0.1, 0.15) is 6.92 Å². The molecule has 0 aromatic rings. The zero-order valence-corrected chi connectivity index (χ0v) is 8.02. The van der Waals surface area contributed by atoms with E-state index in [1.165, 1.54) is 6.92 Å². The van der Waals surface area contributed by atoms with Gasteiger partial charge in [0, 0.05) is 25.4 Å². The first-order chi connectivity index (χ1) is 6.55. The van der Waals surface area contributed by atoms with Crippen LogP contribution in [0.5, 0.6) is 0 Å². The highest BCUT2D eigenvalue weighted by Gasteiger charge is 2.55. The van der Waals surface area contributed by atoms with Gasteiger partial charge < -0.3 is 14.7 Å². The third kappa shape index (κ3) is 1.19. The predicted octanol–water partition coefficient (Wildman–Crippen LogP) is -0.434. The molecule has 1 N–H and O–H groups in total. The zero-order chi connectivity index (χ0) is 10.3. The smallest absolute Gasteiger partial charge is 0.309 e. The molecular weight excluding hydrogens is 186 g/mol. The van der Waals surface area contributed by atoms with E-state index in [2.05, 4.69) is 0 Å². The summed E-state index contributed by atoms with van der Waals surface area (Å²) >= 11 is 0. The van der Waals surface area contributed by atoms with Crippen molar-refractivity contribution < 1.29 is 19.4 Å². The number of carboxylic acids is 1. The van der Waals surface area contributed by atoms with Gasteiger partial charge in [0.25, 0.3) is 0 Å². The maximum Gasteiger partial charge on any atom is 0.309 e. The fourth-order valence-corrected chi connectivity index (χ4v) is 2.21. The molecule has 2 saturated heterocycles. The quantitative estimate of drug-likeness (QED) is 0.622. The van der Waals surface area contributed by atoms with Crippen LogP contribution >= 0.6 is 0 Å². The van der Waals surface area contributed by atoms with E-state index in [1.54, 1.807) is 4.90 Å². The van der Waals surface area contributed by atoms with Gasteiger partial charge >= 0.3 is 5.97 Å². The van der Waals surface area contributed by atoms with Gasteiger partial charge in [-0.15, -0.1) is 0 Å². The molecule has 2 rings (SSSR count). The topological polar surface area (TPSA) is 66.8 Å². The van der Waals surface area contributed by atoms with E-state index in [9.17, 15) is 9.59 Å². The van der Waals surface area contributed by atoms with Gasteiger partial charge in [-0.05, 0) is 0 Å². The third-order valence-corrected chi connectivity index (χ3v) is 3.17. The first-order valence-corrected chi connectivity index (χ1v) is 4.61. The van der Waals surface area contributed by atoms with Crippen LogP contribution in [0.2, 0.25) is 0 Å². The van der Waals surface area contributed by atoms with E-state index in [1.807, 2.05) is 0 Å². The van der Waals surface area contributed by atoms with Gasteiger partial charge in [0.15, 0.2) is 0 Å². The minimum absolute atomic E-state index is 0.0555. The number of likely N-dealkylation sites (tertiary alicyclic amines) is 1. The van der Waals surface area contributed by atoms with Crippen molar-refractivity contribution in [3.8, 4) is 0 Å². The summed E-state index contributed by atoms with van der Waals surface area (Å²) in [5, 5.41) is 9.02. The lowest BCUT2D eigenvalue weighted by molar-refractivity contribution is -0.165. The van der Waals surface area contributed by atoms with Crippen LogP contribution < -0.4 is 0 Å². The fourth-order valence-electron chi connectivity index (χ4n) is 2.21. The van der Waals surface area contributed by atoms with Crippen LogP contribution in [0.4, 0.5) is 0 Å². The summed E-state index contributed by atoms with van der Waals surface area (Å²) in [6.07, 6.45) is 0. The molecule has 2 aliphatic heterocycles. The van der Waals surface area contributed by atoms with Gasteiger partial charge in [-0.2, -0.15) is 0 Å². The molecule has 14 heavy (non-hydrogen) atoms. The van der Waals surface area contributed by atoms with Crippen LogP contribution in [-0.2, 0) is 14.3 Å². The molecule has 0 aliphatic carbocycles. The minimum Gasteiger partial charge on any atom is -0.481 e. The second-order valence-electron chi connectivity index (χ2n) is 4.15. The van der Waals surface area contributed by atoms with Crippen molar-refractivity contribution in [3.63, 3.8) is 0 Å². The third-order valence-electron chi connectivity index (χ3n) is 3.17. The van der Waals surface area contributed by atoms with Crippen LogP contribution in [0.3, 0.4) is 0 Å². The maximum atomic E-state index is 11.1. The lowest BCUT2D eigenvalue weighted by atomic mass is 9.76. The van der Waals surface area contributed by atoms with E-state index in [4.69, 9.17) is 9.84 Å². The Balaban J connectivity index is 2.16. The largest absolute Gasteiger partial charge is 0.481 e. The highest BCUT2D eigenvalue weighted by Crippen LogP contribution is 2.42. The second-order valence-corrected chi connectivity index (χ2v) is 4.15. The van der Waals surface area contributed by atoms with Crippen LogP contribution in [0.15, 0.2) is 0 Å². The standard InChI is InChI=1S/C9H13NO4/c1-6(11)10-2-7(8(12)13)9(3-10)4-14-5-9/h7H,2-5H2,1H3,(H,12,13). The molecule has 78 valence electrons. The van der Waals surface area contributed by atoms with Gasteiger partial charge in [0.2, 0.25) is 5.91 Å². The van der Waals surface area contributed by atoms with Crippen molar-refractivity contribution in [2.45, 2.75) is 6.92 Å². The predicted molar refractivity (Wildman–Crippen MR) is 46.6 cm³/mol. The molecule has 1 atom stereocenters. The Morgan fingerprint density at radius 1 is 1.50 bits per heavy atom. The first-order valence-electron chi connectivity index (χ1n) is 4.61. The number of hydrogen-bond acceptors (Lipinski definition) is 3. The maximum absolute atomic E-state index is 11.1. The van der Waals surface area contributed by atoms with Crippen molar-refractivity contribution in [1.82, 2.24) is 4.90 Å². The number of rotatable bonds is 1. The van der Waals surface area contributed by atoms with Crippen LogP contribution in [-0.4, -0.2) is 48.2 Å². The summed E-state index contributed by atoms with van der Waals surface area (Å²) in [7, 11) is 0. The Kier molecular flexibility index (Phi) is 1.99. The second kappa shape index (κ2) is 2.95. The van der Waals surface area contributed by atoms with Crippen molar-refractivity contribution in [1.29, 1.82) is 0 Å². The monoisotopic (exact) mass is 199 g/mol. The molecule has 1 amide bonds. The Bertz CT molecular complexity index is 285. The summed E-state index contributed by atoms with van der Waals surface area (Å²) in [5.41, 5.74) is -0.308. The summed E-state index contributed by atoms with van der Waals surface area (Å²) in [5.74, 6) is -1.34. The SMILES string of the molecule is CC(=O)N1CC(C(=O)O)C2(COC2)C1. The lowest BCUT2D eigenvalue weighted by Crippen LogP contribution is -2.51. The number of ether oxygens (including phenoxy) is 1. The summed E-state index contributed by atoms with van der Waals surface area (Å²) in [6, 6.07) is 0. The van der Waals surface area contributed by atoms with Crippen LogP contribution in [0.25, 0.3) is 0 Å². The van der Waals surface area contributed by atoms with E-state index >= 15 is 0 Å². The summed E-state index contributed by atoms with van der Waals surface area (Å²) in [6.45, 7) is 3.26. The average molecular weight is 199 g/mol. The van der Waals surface area contributed by atoms with Crippen molar-refractivity contribution in [2.24, 2.45) is 11.3 Å². The van der Waals surface area contributed by atoms with E-state index < -0.39 is 11.9 Å². The average Bonchev–Trinajstić information content (AvgIpc) is 2.42. The Hall–Kier alpha value is -1.10. The molecule has 0 aromatic heterocycles. The number of amides is 1. The molecular formula is C9H13NO4.